The molecular weight excluding hydrogens is 1010 g/mol. The van der Waals surface area contributed by atoms with E-state index in [1.54, 1.807) is 0 Å². The summed E-state index contributed by atoms with van der Waals surface area (Å²) in [6.07, 6.45) is -50.0. The van der Waals surface area contributed by atoms with Gasteiger partial charge in [0.15, 0.2) is 54.2 Å². The van der Waals surface area contributed by atoms with Crippen molar-refractivity contribution in [3.05, 3.63) is 0 Å². The van der Waals surface area contributed by atoms with E-state index >= 15 is 22.0 Å². The first-order valence-corrected chi connectivity index (χ1v) is 35.1. The number of hydrogen-bond donors (Lipinski definition) is 0. The highest BCUT2D eigenvalue weighted by Crippen LogP contribution is 2.57. The molecule has 6 radical (unpaired) electrons. The monoisotopic (exact) mass is 1050 g/mol. The second-order valence-corrected chi connectivity index (χ2v) is 33.4. The zero-order valence-corrected chi connectivity index (χ0v) is 41.8. The average molecular weight is 1060 g/mol. The highest BCUT2D eigenvalue weighted by atomic mass is 28.5. The molecule has 9 nitrogen and oxygen atoms in total. The van der Waals surface area contributed by atoms with Crippen molar-refractivity contribution in [1.82, 2.24) is 0 Å². The molecule has 0 N–H and O–H groups in total. The largest absolute Gasteiger partial charge is 0.469 e. The summed E-state index contributed by atoms with van der Waals surface area (Å²) in [5, 5.41) is 0. The molecule has 60 heavy (non-hydrogen) atoms. The Morgan fingerprint density at radius 2 is 0.533 bits per heavy atom. The SMILES string of the molecule is C[Si](C)O[Si](CCC(F)(OC(F)(F)C(F)(F)OC(F)(C(F)(F)F)C(F)(F)OC(F)(CC[Si](O[Si](C)C)(O[Si](C)C)O[Si](C)C)C(F)(F)F)C(F)(F)F)(O[Si](C)C)O[Si](C)C. The van der Waals surface area contributed by atoms with Crippen LogP contribution in [0.15, 0.2) is 0 Å². The third-order valence-electron chi connectivity index (χ3n) is 6.44. The van der Waals surface area contributed by atoms with Crippen LogP contribution in [0.1, 0.15) is 12.8 Å². The Morgan fingerprint density at radius 1 is 0.317 bits per heavy atom. The van der Waals surface area contributed by atoms with Crippen LogP contribution in [0.3, 0.4) is 0 Å². The van der Waals surface area contributed by atoms with Crippen molar-refractivity contribution in [1.29, 1.82) is 0 Å². The molecule has 0 aromatic heterocycles. The van der Waals surface area contributed by atoms with E-state index in [1.165, 1.54) is 78.6 Å². The molecule has 0 bridgehead atoms. The normalized spacial score (nSPS) is 18.0. The molecular formula is C25H44F18O9Si8. The summed E-state index contributed by atoms with van der Waals surface area (Å²) >= 11 is 0. The molecule has 0 saturated heterocycles. The summed E-state index contributed by atoms with van der Waals surface area (Å²) in [4.78, 5) is 0. The highest BCUT2D eigenvalue weighted by molar-refractivity contribution is 6.80. The molecule has 356 valence electrons. The molecule has 0 aliphatic carbocycles. The van der Waals surface area contributed by atoms with Gasteiger partial charge >= 0.3 is 72.0 Å². The standard InChI is InChI=1S/C25H44F18O9Si8/c1-53(2)47-59(48-54(3)4,49-55(5)6)15-13-17(26,20(29,30)31)44-23(38,39)19(28,22(35,36)37)46-25(42,43)24(40,41)45-18(27,21(32,33)34)14-16-60(50-56(7)8,51-57(9)10)52-58(11)12/h13-16H2,1-12H3. The summed E-state index contributed by atoms with van der Waals surface area (Å²) in [7, 11) is -21.7. The van der Waals surface area contributed by atoms with Crippen LogP contribution in [0, 0.1) is 0 Å². The Balaban J connectivity index is 7.28. The molecule has 0 aliphatic rings. The van der Waals surface area contributed by atoms with Crippen molar-refractivity contribution in [2.45, 2.75) is 158 Å². The van der Waals surface area contributed by atoms with Gasteiger partial charge in [0.1, 0.15) is 0 Å². The van der Waals surface area contributed by atoms with Crippen molar-refractivity contribution in [2.75, 3.05) is 0 Å². The first-order chi connectivity index (χ1) is 26.3. The van der Waals surface area contributed by atoms with E-state index < -0.39 is 151 Å². The molecule has 0 rings (SSSR count). The fourth-order valence-corrected chi connectivity index (χ4v) is 26.4. The first-order valence-electron chi connectivity index (χ1n) is 16.7. The second kappa shape index (κ2) is 21.2. The minimum absolute atomic E-state index is 1.35. The van der Waals surface area contributed by atoms with Crippen LogP contribution in [0.5, 0.6) is 0 Å². The maximum atomic E-state index is 15.6. The lowest BCUT2D eigenvalue weighted by Crippen LogP contribution is -2.67. The molecule has 0 saturated carbocycles. The summed E-state index contributed by atoms with van der Waals surface area (Å²) in [5.74, 6) is -20.3. The molecule has 3 atom stereocenters. The van der Waals surface area contributed by atoms with Gasteiger partial charge in [-0.15, -0.1) is 0 Å². The van der Waals surface area contributed by atoms with E-state index in [9.17, 15) is 57.1 Å². The van der Waals surface area contributed by atoms with Crippen molar-refractivity contribution in [3.63, 3.8) is 0 Å². The lowest BCUT2D eigenvalue weighted by Gasteiger charge is -2.42. The number of ether oxygens (including phenoxy) is 3. The zero-order valence-electron chi connectivity index (χ0n) is 33.8. The van der Waals surface area contributed by atoms with Crippen molar-refractivity contribution < 1.29 is 118 Å². The Kier molecular flexibility index (Phi) is 21.2. The van der Waals surface area contributed by atoms with Gasteiger partial charge in [0, 0.05) is 24.9 Å². The maximum Gasteiger partial charge on any atom is 0.469 e. The Hall–Kier alpha value is 0.115. The number of alkyl halides is 18. The summed E-state index contributed by atoms with van der Waals surface area (Å²) < 4.78 is 302. The Bertz CT molecular complexity index is 1280. The molecule has 0 spiro atoms. The van der Waals surface area contributed by atoms with Crippen LogP contribution in [0.2, 0.25) is 90.7 Å². The highest BCUT2D eigenvalue weighted by Gasteiger charge is 2.83. The summed E-state index contributed by atoms with van der Waals surface area (Å²) in [6, 6.07) is -3.04. The molecule has 0 aromatic rings. The molecule has 0 aromatic carbocycles. The fourth-order valence-electron chi connectivity index (χ4n) is 4.48. The van der Waals surface area contributed by atoms with Gasteiger partial charge < -0.3 is 24.7 Å². The van der Waals surface area contributed by atoms with Gasteiger partial charge in [-0.25, -0.2) is 8.78 Å². The van der Waals surface area contributed by atoms with Gasteiger partial charge in [-0.2, -0.15) is 70.2 Å². The van der Waals surface area contributed by atoms with E-state index in [0.717, 1.165) is 0 Å². The minimum atomic E-state index is -8.00. The third-order valence-corrected chi connectivity index (χ3v) is 25.4. The predicted molar refractivity (Wildman–Crippen MR) is 190 cm³/mol. The molecule has 0 heterocycles. The van der Waals surface area contributed by atoms with Crippen molar-refractivity contribution in [2.24, 2.45) is 0 Å². The molecule has 35 heteroatoms. The van der Waals surface area contributed by atoms with E-state index in [1.807, 2.05) is 4.74 Å². The molecule has 3 unspecified atom stereocenters. The number of rotatable bonds is 26. The van der Waals surface area contributed by atoms with Crippen LogP contribution in [-0.2, 0) is 38.9 Å². The van der Waals surface area contributed by atoms with Gasteiger partial charge in [-0.3, -0.25) is 14.2 Å². The van der Waals surface area contributed by atoms with Crippen LogP contribution in [0.25, 0.3) is 0 Å². The number of halogens is 18. The predicted octanol–water partition coefficient (Wildman–Crippen LogP) is 10.8. The Morgan fingerprint density at radius 3 is 0.733 bits per heavy atom. The lowest BCUT2D eigenvalue weighted by atomic mass is 10.2. The topological polar surface area (TPSA) is 83.1 Å². The average Bonchev–Trinajstić information content (AvgIpc) is 2.94. The number of hydrogen-bond acceptors (Lipinski definition) is 9. The van der Waals surface area contributed by atoms with Gasteiger partial charge in [0.05, 0.1) is 0 Å². The maximum absolute atomic E-state index is 15.6. The van der Waals surface area contributed by atoms with Gasteiger partial charge in [-0.1, -0.05) is 0 Å². The van der Waals surface area contributed by atoms with Crippen molar-refractivity contribution in [3.8, 4) is 0 Å². The van der Waals surface area contributed by atoms with Gasteiger partial charge in [0.25, 0.3) is 0 Å². The van der Waals surface area contributed by atoms with Gasteiger partial charge in [0.2, 0.25) is 0 Å². The van der Waals surface area contributed by atoms with Crippen LogP contribution in [-0.4, -0.2) is 126 Å². The molecule has 0 aliphatic heterocycles. The quantitative estimate of drug-likeness (QED) is 0.0621. The summed E-state index contributed by atoms with van der Waals surface area (Å²) in [6.45, 7) is 16.4. The minimum Gasteiger partial charge on any atom is -0.416 e. The van der Waals surface area contributed by atoms with Crippen LogP contribution in [0.4, 0.5) is 79.0 Å². The van der Waals surface area contributed by atoms with Crippen LogP contribution < -0.4 is 0 Å². The smallest absolute Gasteiger partial charge is 0.416 e. The van der Waals surface area contributed by atoms with E-state index in [2.05, 4.69) is 9.47 Å². The Labute approximate surface area is 347 Å². The van der Waals surface area contributed by atoms with Gasteiger partial charge in [-0.05, 0) is 78.6 Å². The fraction of sp³-hybridized carbons (Fsp3) is 1.00. The molecule has 0 fully saturated rings. The van der Waals surface area contributed by atoms with E-state index in [-0.39, 0.29) is 0 Å². The zero-order chi connectivity index (χ0) is 48.2. The van der Waals surface area contributed by atoms with E-state index in [0.29, 0.717) is 0 Å². The van der Waals surface area contributed by atoms with Crippen LogP contribution >= 0.6 is 0 Å². The summed E-state index contributed by atoms with van der Waals surface area (Å²) in [5.41, 5.74) is 0. The second-order valence-electron chi connectivity index (χ2n) is 13.8. The van der Waals surface area contributed by atoms with E-state index in [4.69, 9.17) is 24.7 Å². The third kappa shape index (κ3) is 16.5. The molecule has 0 amide bonds. The lowest BCUT2D eigenvalue weighted by molar-refractivity contribution is -0.567. The first kappa shape index (κ1) is 60.1. The van der Waals surface area contributed by atoms with Crippen molar-refractivity contribution >= 4 is 71.9 Å².